The van der Waals surface area contributed by atoms with Gasteiger partial charge in [-0.25, -0.2) is 0 Å². The van der Waals surface area contributed by atoms with E-state index in [1.54, 1.807) is 24.3 Å². The van der Waals surface area contributed by atoms with Gasteiger partial charge in [-0.15, -0.1) is 0 Å². The van der Waals surface area contributed by atoms with Crippen LogP contribution < -0.4 is 15.4 Å². The number of amides is 2. The summed E-state index contributed by atoms with van der Waals surface area (Å²) in [6.45, 7) is 5.33. The van der Waals surface area contributed by atoms with Crippen molar-refractivity contribution in [1.82, 2.24) is 5.32 Å². The molecule has 1 aromatic carbocycles. The summed E-state index contributed by atoms with van der Waals surface area (Å²) in [6, 6.07) is 7.00. The first-order chi connectivity index (χ1) is 10.2. The third-order valence-corrected chi connectivity index (χ3v) is 2.90. The maximum Gasteiger partial charge on any atom is 0.313 e. The molecular weight excluding hydrogens is 268 g/mol. The van der Waals surface area contributed by atoms with Crippen molar-refractivity contribution in [2.45, 2.75) is 39.5 Å². The monoisotopic (exact) mass is 292 g/mol. The standard InChI is InChI=1S/C16H24N2O3/c1-3-5-11-17-15(19)16(20)18-13-7-9-14(10-8-13)21-12-6-4-2/h7-10H,3-6,11-12H2,1-2H3,(H,17,19)(H,18,20). The highest BCUT2D eigenvalue weighted by Crippen LogP contribution is 2.15. The lowest BCUT2D eigenvalue weighted by Gasteiger charge is -2.08. The molecule has 116 valence electrons. The Labute approximate surface area is 126 Å². The van der Waals surface area contributed by atoms with E-state index in [2.05, 4.69) is 17.6 Å². The number of carbonyl (C=O) groups excluding carboxylic acids is 2. The molecule has 0 spiro atoms. The van der Waals surface area contributed by atoms with Gasteiger partial charge in [0.2, 0.25) is 0 Å². The van der Waals surface area contributed by atoms with Crippen molar-refractivity contribution < 1.29 is 14.3 Å². The van der Waals surface area contributed by atoms with Gasteiger partial charge in [0, 0.05) is 12.2 Å². The van der Waals surface area contributed by atoms with Crippen LogP contribution in [-0.2, 0) is 9.59 Å². The first-order valence-corrected chi connectivity index (χ1v) is 7.49. The van der Waals surface area contributed by atoms with Crippen LogP contribution in [0.4, 0.5) is 5.69 Å². The molecule has 0 atom stereocenters. The van der Waals surface area contributed by atoms with Gasteiger partial charge in [0.25, 0.3) is 0 Å². The number of unbranched alkanes of at least 4 members (excludes halogenated alkanes) is 2. The number of rotatable bonds is 8. The lowest BCUT2D eigenvalue weighted by Crippen LogP contribution is -2.35. The molecule has 0 saturated carbocycles. The molecule has 0 aliphatic heterocycles. The zero-order valence-electron chi connectivity index (χ0n) is 12.8. The van der Waals surface area contributed by atoms with E-state index in [4.69, 9.17) is 4.74 Å². The van der Waals surface area contributed by atoms with Crippen LogP contribution in [0.25, 0.3) is 0 Å². The van der Waals surface area contributed by atoms with Gasteiger partial charge in [0.15, 0.2) is 0 Å². The molecule has 0 fully saturated rings. The molecule has 5 heteroatoms. The Morgan fingerprint density at radius 2 is 1.67 bits per heavy atom. The van der Waals surface area contributed by atoms with Crippen molar-refractivity contribution in [1.29, 1.82) is 0 Å². The topological polar surface area (TPSA) is 67.4 Å². The van der Waals surface area contributed by atoms with Crippen LogP contribution in [0.3, 0.4) is 0 Å². The van der Waals surface area contributed by atoms with Gasteiger partial charge in [-0.3, -0.25) is 9.59 Å². The fourth-order valence-corrected chi connectivity index (χ4v) is 1.62. The molecule has 1 rings (SSSR count). The number of carbonyl (C=O) groups is 2. The molecular formula is C16H24N2O3. The van der Waals surface area contributed by atoms with E-state index in [0.29, 0.717) is 18.8 Å². The first-order valence-electron chi connectivity index (χ1n) is 7.49. The fourth-order valence-electron chi connectivity index (χ4n) is 1.62. The summed E-state index contributed by atoms with van der Waals surface area (Å²) in [4.78, 5) is 23.2. The maximum absolute atomic E-state index is 11.6. The lowest BCUT2D eigenvalue weighted by atomic mass is 10.3. The van der Waals surface area contributed by atoms with Crippen LogP contribution in [-0.4, -0.2) is 25.0 Å². The highest BCUT2D eigenvalue weighted by molar-refractivity contribution is 6.39. The molecule has 21 heavy (non-hydrogen) atoms. The zero-order valence-corrected chi connectivity index (χ0v) is 12.8. The van der Waals surface area contributed by atoms with Gasteiger partial charge in [0.05, 0.1) is 6.61 Å². The number of hydrogen-bond acceptors (Lipinski definition) is 3. The van der Waals surface area contributed by atoms with Crippen LogP contribution in [0, 0.1) is 0 Å². The predicted octanol–water partition coefficient (Wildman–Crippen LogP) is 2.72. The molecule has 0 aliphatic rings. The number of ether oxygens (including phenoxy) is 1. The SMILES string of the molecule is CCCCNC(=O)C(=O)Nc1ccc(OCCCC)cc1. The van der Waals surface area contributed by atoms with Crippen molar-refractivity contribution in [3.05, 3.63) is 24.3 Å². The van der Waals surface area contributed by atoms with Gasteiger partial charge < -0.3 is 15.4 Å². The van der Waals surface area contributed by atoms with Crippen molar-refractivity contribution in [3.63, 3.8) is 0 Å². The molecule has 2 amide bonds. The largest absolute Gasteiger partial charge is 0.494 e. The van der Waals surface area contributed by atoms with Crippen LogP contribution >= 0.6 is 0 Å². The van der Waals surface area contributed by atoms with E-state index < -0.39 is 11.8 Å². The third kappa shape index (κ3) is 6.79. The molecule has 5 nitrogen and oxygen atoms in total. The van der Waals surface area contributed by atoms with Gasteiger partial charge >= 0.3 is 11.8 Å². The molecule has 0 heterocycles. The van der Waals surface area contributed by atoms with E-state index in [0.717, 1.165) is 31.4 Å². The summed E-state index contributed by atoms with van der Waals surface area (Å²) < 4.78 is 5.53. The van der Waals surface area contributed by atoms with Crippen LogP contribution in [0.15, 0.2) is 24.3 Å². The Kier molecular flexibility index (Phi) is 7.94. The predicted molar refractivity (Wildman–Crippen MR) is 83.4 cm³/mol. The van der Waals surface area contributed by atoms with Gasteiger partial charge in [-0.1, -0.05) is 26.7 Å². The molecule has 1 aromatic rings. The maximum atomic E-state index is 11.6. The van der Waals surface area contributed by atoms with Crippen molar-refractivity contribution >= 4 is 17.5 Å². The minimum atomic E-state index is -0.647. The molecule has 0 saturated heterocycles. The summed E-state index contributed by atoms with van der Waals surface area (Å²) >= 11 is 0. The van der Waals surface area contributed by atoms with Gasteiger partial charge in [-0.05, 0) is 37.1 Å². The summed E-state index contributed by atoms with van der Waals surface area (Å²) in [6.07, 6.45) is 3.93. The smallest absolute Gasteiger partial charge is 0.313 e. The molecule has 0 unspecified atom stereocenters. The van der Waals surface area contributed by atoms with Crippen molar-refractivity contribution in [2.24, 2.45) is 0 Å². The fraction of sp³-hybridized carbons (Fsp3) is 0.500. The Hall–Kier alpha value is -2.04. The van der Waals surface area contributed by atoms with Gasteiger partial charge in [0.1, 0.15) is 5.75 Å². The summed E-state index contributed by atoms with van der Waals surface area (Å²) in [5.74, 6) is -0.494. The summed E-state index contributed by atoms with van der Waals surface area (Å²) in [5, 5.41) is 5.13. The van der Waals surface area contributed by atoms with E-state index in [1.165, 1.54) is 0 Å². The van der Waals surface area contributed by atoms with Crippen LogP contribution in [0.5, 0.6) is 5.75 Å². The average Bonchev–Trinajstić information content (AvgIpc) is 2.49. The lowest BCUT2D eigenvalue weighted by molar-refractivity contribution is -0.136. The number of anilines is 1. The Balaban J connectivity index is 2.40. The average molecular weight is 292 g/mol. The second-order valence-corrected chi connectivity index (χ2v) is 4.79. The minimum Gasteiger partial charge on any atom is -0.494 e. The Morgan fingerprint density at radius 1 is 1.00 bits per heavy atom. The van der Waals surface area contributed by atoms with Crippen molar-refractivity contribution in [2.75, 3.05) is 18.5 Å². The highest BCUT2D eigenvalue weighted by Gasteiger charge is 2.12. The van der Waals surface area contributed by atoms with E-state index in [-0.39, 0.29) is 0 Å². The molecule has 0 radical (unpaired) electrons. The van der Waals surface area contributed by atoms with Crippen LogP contribution in [0.1, 0.15) is 39.5 Å². The van der Waals surface area contributed by atoms with Crippen LogP contribution in [0.2, 0.25) is 0 Å². The summed E-state index contributed by atoms with van der Waals surface area (Å²) in [7, 11) is 0. The summed E-state index contributed by atoms with van der Waals surface area (Å²) in [5.41, 5.74) is 0.577. The molecule has 0 bridgehead atoms. The number of hydrogen-bond donors (Lipinski definition) is 2. The zero-order chi connectivity index (χ0) is 15.5. The second-order valence-electron chi connectivity index (χ2n) is 4.79. The Morgan fingerprint density at radius 3 is 2.29 bits per heavy atom. The quantitative estimate of drug-likeness (QED) is 0.572. The van der Waals surface area contributed by atoms with Crippen molar-refractivity contribution in [3.8, 4) is 5.75 Å². The van der Waals surface area contributed by atoms with E-state index >= 15 is 0 Å². The molecule has 0 aliphatic carbocycles. The second kappa shape index (κ2) is 9.80. The van der Waals surface area contributed by atoms with E-state index in [1.807, 2.05) is 6.92 Å². The van der Waals surface area contributed by atoms with Gasteiger partial charge in [-0.2, -0.15) is 0 Å². The molecule has 2 N–H and O–H groups in total. The first kappa shape index (κ1) is 17.0. The van der Waals surface area contributed by atoms with E-state index in [9.17, 15) is 9.59 Å². The Bertz CT molecular complexity index is 443. The highest BCUT2D eigenvalue weighted by atomic mass is 16.5. The number of nitrogens with one attached hydrogen (secondary N) is 2. The normalized spacial score (nSPS) is 10.0. The molecule has 0 aromatic heterocycles. The number of benzene rings is 1. The third-order valence-electron chi connectivity index (χ3n) is 2.90. The minimum absolute atomic E-state index is 0.521.